The maximum Gasteiger partial charge on any atom is 0.351 e. The van der Waals surface area contributed by atoms with Crippen LogP contribution in [0.3, 0.4) is 0 Å². The molecule has 2 heterocycles. The third-order valence-corrected chi connectivity index (χ3v) is 3.61. The molecule has 24 heavy (non-hydrogen) atoms. The second-order valence-electron chi connectivity index (χ2n) is 7.13. The lowest BCUT2D eigenvalue weighted by Gasteiger charge is -2.19. The lowest BCUT2D eigenvalue weighted by molar-refractivity contribution is -0.117. The van der Waals surface area contributed by atoms with Gasteiger partial charge in [0.1, 0.15) is 12.2 Å². The molecule has 1 aliphatic rings. The van der Waals surface area contributed by atoms with Crippen LogP contribution in [0.5, 0.6) is 0 Å². The Morgan fingerprint density at radius 1 is 1.42 bits per heavy atom. The minimum atomic E-state index is -1.39. The van der Waals surface area contributed by atoms with Gasteiger partial charge in [-0.15, -0.1) is 0 Å². The number of carbonyl (C=O) groups excluding carboxylic acids is 1. The van der Waals surface area contributed by atoms with E-state index in [1.807, 2.05) is 20.8 Å². The third kappa shape index (κ3) is 3.97. The Kier molecular flexibility index (Phi) is 5.07. The Labute approximate surface area is 138 Å². The minimum Gasteiger partial charge on any atom is -0.388 e. The molecular formula is C15H22FN3O5. The monoisotopic (exact) mass is 343 g/mol. The van der Waals surface area contributed by atoms with Gasteiger partial charge in [-0.1, -0.05) is 20.8 Å². The predicted molar refractivity (Wildman–Crippen MR) is 82.8 cm³/mol. The molecule has 1 aromatic heterocycles. The molecule has 0 bridgehead atoms. The van der Waals surface area contributed by atoms with E-state index in [2.05, 4.69) is 10.3 Å². The van der Waals surface area contributed by atoms with Crippen LogP contribution in [0.1, 0.15) is 40.3 Å². The smallest absolute Gasteiger partial charge is 0.351 e. The van der Waals surface area contributed by atoms with Gasteiger partial charge in [0, 0.05) is 6.42 Å². The average molecular weight is 343 g/mol. The highest BCUT2D eigenvalue weighted by molar-refractivity contribution is 5.90. The molecule has 1 aromatic rings. The van der Waals surface area contributed by atoms with Gasteiger partial charge >= 0.3 is 5.69 Å². The van der Waals surface area contributed by atoms with Crippen LogP contribution in [0.25, 0.3) is 0 Å². The maximum atomic E-state index is 14.2. The van der Waals surface area contributed by atoms with Crippen LogP contribution >= 0.6 is 0 Å². The molecule has 4 atom stereocenters. The molecule has 1 amide bonds. The van der Waals surface area contributed by atoms with Gasteiger partial charge in [0.15, 0.2) is 17.9 Å². The van der Waals surface area contributed by atoms with Crippen LogP contribution in [-0.4, -0.2) is 44.0 Å². The first-order valence-corrected chi connectivity index (χ1v) is 7.60. The number of aliphatic hydroxyl groups is 2. The summed E-state index contributed by atoms with van der Waals surface area (Å²) in [5.41, 5.74) is -1.21. The van der Waals surface area contributed by atoms with Gasteiger partial charge in [-0.2, -0.15) is 4.98 Å². The zero-order valence-corrected chi connectivity index (χ0v) is 14.0. The number of amides is 1. The van der Waals surface area contributed by atoms with E-state index in [-0.39, 0.29) is 11.8 Å². The summed E-state index contributed by atoms with van der Waals surface area (Å²) in [4.78, 5) is 27.4. The van der Waals surface area contributed by atoms with Crippen LogP contribution < -0.4 is 11.0 Å². The number of rotatable bonds is 3. The number of hydrogen-bond donors (Lipinski definition) is 3. The highest BCUT2D eigenvalue weighted by Gasteiger charge is 2.42. The van der Waals surface area contributed by atoms with Crippen molar-refractivity contribution in [3.05, 3.63) is 22.5 Å². The van der Waals surface area contributed by atoms with E-state index in [0.29, 0.717) is 0 Å². The number of hydrogen-bond acceptors (Lipinski definition) is 6. The van der Waals surface area contributed by atoms with Crippen LogP contribution in [0.15, 0.2) is 11.0 Å². The van der Waals surface area contributed by atoms with Crippen LogP contribution in [0, 0.1) is 11.2 Å². The first-order valence-electron chi connectivity index (χ1n) is 7.60. The number of halogens is 1. The first-order chi connectivity index (χ1) is 11.0. The van der Waals surface area contributed by atoms with E-state index in [9.17, 15) is 24.2 Å². The molecule has 0 aromatic carbocycles. The van der Waals surface area contributed by atoms with E-state index >= 15 is 0 Å². The van der Waals surface area contributed by atoms with Crippen molar-refractivity contribution in [2.24, 2.45) is 5.41 Å². The lowest BCUT2D eigenvalue weighted by atomic mass is 9.92. The van der Waals surface area contributed by atoms with E-state index in [1.165, 1.54) is 6.92 Å². The lowest BCUT2D eigenvalue weighted by Crippen LogP contribution is -2.36. The third-order valence-electron chi connectivity index (χ3n) is 3.61. The molecule has 1 saturated heterocycles. The molecule has 2 rings (SSSR count). The topological polar surface area (TPSA) is 114 Å². The Morgan fingerprint density at radius 2 is 2.04 bits per heavy atom. The number of aromatic nitrogens is 2. The quantitative estimate of drug-likeness (QED) is 0.732. The minimum absolute atomic E-state index is 0.130. The van der Waals surface area contributed by atoms with Gasteiger partial charge < -0.3 is 20.3 Å². The number of aliphatic hydroxyl groups excluding tert-OH is 2. The van der Waals surface area contributed by atoms with Crippen LogP contribution in [-0.2, 0) is 9.53 Å². The van der Waals surface area contributed by atoms with E-state index < -0.39 is 47.8 Å². The Bertz CT molecular complexity index is 685. The summed E-state index contributed by atoms with van der Waals surface area (Å²) in [6.45, 7) is 7.06. The van der Waals surface area contributed by atoms with E-state index in [4.69, 9.17) is 4.74 Å². The van der Waals surface area contributed by atoms with Crippen molar-refractivity contribution in [2.75, 3.05) is 5.32 Å². The number of anilines is 1. The van der Waals surface area contributed by atoms with Gasteiger partial charge in [-0.05, 0) is 12.3 Å². The summed E-state index contributed by atoms with van der Waals surface area (Å²) in [6.07, 6.45) is -3.63. The fraction of sp³-hybridized carbons (Fsp3) is 0.667. The summed E-state index contributed by atoms with van der Waals surface area (Å²) in [6, 6.07) is 0. The highest BCUT2D eigenvalue weighted by atomic mass is 19.1. The van der Waals surface area contributed by atoms with Crippen molar-refractivity contribution in [3.63, 3.8) is 0 Å². The zero-order chi connectivity index (χ0) is 18.2. The Balaban J connectivity index is 2.23. The standard InChI is InChI=1S/C15H22FN3O5/c1-7-10(21)11(22)13(24-7)19-6-8(16)12(18-14(19)23)17-9(20)5-15(2,3)4/h6-7,10-11,13,21-22H,5H2,1-4H3,(H,17,18,20,23)/t7-,10-,11-,13-/m1/s1. The van der Waals surface area contributed by atoms with Gasteiger partial charge in [-0.3, -0.25) is 9.36 Å². The second kappa shape index (κ2) is 6.58. The van der Waals surface area contributed by atoms with Crippen molar-refractivity contribution < 1.29 is 24.1 Å². The molecule has 0 spiro atoms. The van der Waals surface area contributed by atoms with Gasteiger partial charge in [0.2, 0.25) is 5.91 Å². The van der Waals surface area contributed by atoms with Crippen molar-refractivity contribution in [2.45, 2.75) is 58.7 Å². The van der Waals surface area contributed by atoms with Crippen molar-refractivity contribution in [1.82, 2.24) is 9.55 Å². The molecule has 0 aliphatic carbocycles. The summed E-state index contributed by atoms with van der Waals surface area (Å²) >= 11 is 0. The first kappa shape index (κ1) is 18.5. The normalized spacial score (nSPS) is 27.3. The molecular weight excluding hydrogens is 321 g/mol. The SMILES string of the molecule is C[C@H]1O[C@@H](n2cc(F)c(NC(=O)CC(C)(C)C)nc2=O)[C@H](O)[C@@H]1O. The molecule has 134 valence electrons. The predicted octanol–water partition coefficient (Wildman–Crippen LogP) is 0.396. The summed E-state index contributed by atoms with van der Waals surface area (Å²) in [5, 5.41) is 21.8. The summed E-state index contributed by atoms with van der Waals surface area (Å²) in [7, 11) is 0. The number of nitrogens with one attached hydrogen (secondary N) is 1. The van der Waals surface area contributed by atoms with Gasteiger partial charge in [-0.25, -0.2) is 9.18 Å². The number of nitrogens with zero attached hydrogens (tertiary/aromatic N) is 2. The molecule has 1 aliphatic heterocycles. The molecule has 1 fully saturated rings. The number of ether oxygens (including phenoxy) is 1. The largest absolute Gasteiger partial charge is 0.388 e. The van der Waals surface area contributed by atoms with E-state index in [0.717, 1.165) is 10.8 Å². The van der Waals surface area contributed by atoms with Crippen molar-refractivity contribution >= 4 is 11.7 Å². The fourth-order valence-corrected chi connectivity index (χ4v) is 2.43. The zero-order valence-electron chi connectivity index (χ0n) is 14.0. The highest BCUT2D eigenvalue weighted by Crippen LogP contribution is 2.28. The fourth-order valence-electron chi connectivity index (χ4n) is 2.43. The molecule has 0 radical (unpaired) electrons. The van der Waals surface area contributed by atoms with E-state index in [1.54, 1.807) is 0 Å². The van der Waals surface area contributed by atoms with Crippen molar-refractivity contribution in [3.8, 4) is 0 Å². The molecule has 3 N–H and O–H groups in total. The van der Waals surface area contributed by atoms with Crippen LogP contribution in [0.4, 0.5) is 10.2 Å². The molecule has 0 unspecified atom stereocenters. The van der Waals surface area contributed by atoms with Gasteiger partial charge in [0.05, 0.1) is 12.3 Å². The summed E-state index contributed by atoms with van der Waals surface area (Å²) in [5.74, 6) is -1.89. The molecule has 9 heteroatoms. The Morgan fingerprint density at radius 3 is 2.54 bits per heavy atom. The Hall–Kier alpha value is -1.84. The van der Waals surface area contributed by atoms with Gasteiger partial charge in [0.25, 0.3) is 0 Å². The van der Waals surface area contributed by atoms with Crippen LogP contribution in [0.2, 0.25) is 0 Å². The summed E-state index contributed by atoms with van der Waals surface area (Å²) < 4.78 is 20.2. The number of carbonyl (C=O) groups is 1. The molecule has 8 nitrogen and oxygen atoms in total. The van der Waals surface area contributed by atoms with Crippen molar-refractivity contribution in [1.29, 1.82) is 0 Å². The average Bonchev–Trinajstić information content (AvgIpc) is 2.68. The maximum absolute atomic E-state index is 14.2. The second-order valence-corrected chi connectivity index (χ2v) is 7.13. The molecule has 0 saturated carbocycles.